The molecule has 2 rings (SSSR count). The van der Waals surface area contributed by atoms with Crippen molar-refractivity contribution in [2.45, 2.75) is 24.4 Å². The lowest BCUT2D eigenvalue weighted by molar-refractivity contribution is -0.0166. The maximum absolute atomic E-state index is 9.87. The average molecular weight is 259 g/mol. The van der Waals surface area contributed by atoms with Gasteiger partial charge in [0.15, 0.2) is 5.96 Å². The third-order valence-electron chi connectivity index (χ3n) is 2.91. The van der Waals surface area contributed by atoms with Crippen molar-refractivity contribution in [1.82, 2.24) is 5.32 Å². The number of guanidine groups is 1. The van der Waals surface area contributed by atoms with Crippen LogP contribution in [0.2, 0.25) is 0 Å². The van der Waals surface area contributed by atoms with Crippen LogP contribution in [0.4, 0.5) is 0 Å². The minimum Gasteiger partial charge on any atom is -0.394 e. The maximum atomic E-state index is 9.87. The Morgan fingerprint density at radius 2 is 2.22 bits per heavy atom. The highest BCUT2D eigenvalue weighted by Gasteiger charge is 2.43. The Balaban J connectivity index is 2.10. The summed E-state index contributed by atoms with van der Waals surface area (Å²) < 4.78 is 10.6. The Morgan fingerprint density at radius 3 is 2.89 bits per heavy atom. The van der Waals surface area contributed by atoms with E-state index >= 15 is 0 Å². The molecule has 2 aliphatic heterocycles. The van der Waals surface area contributed by atoms with Crippen LogP contribution in [0, 0.1) is 0 Å². The Morgan fingerprint density at radius 1 is 1.44 bits per heavy atom. The minimum atomic E-state index is -1.13. The third kappa shape index (κ3) is 2.62. The van der Waals surface area contributed by atoms with E-state index < -0.39 is 24.4 Å². The minimum absolute atomic E-state index is 0.102. The number of hydrogen-bond donors (Lipinski definition) is 5. The number of ether oxygens (including phenoxy) is 2. The van der Waals surface area contributed by atoms with Crippen molar-refractivity contribution < 1.29 is 24.8 Å². The molecule has 0 amide bonds. The van der Waals surface area contributed by atoms with Gasteiger partial charge in [0.25, 0.3) is 0 Å². The molecular formula is C10H17N3O5. The summed E-state index contributed by atoms with van der Waals surface area (Å²) in [5, 5.41) is 31.3. The highest BCUT2D eigenvalue weighted by molar-refractivity contribution is 5.78. The van der Waals surface area contributed by atoms with E-state index in [1.807, 2.05) is 0 Å². The van der Waals surface area contributed by atoms with Crippen LogP contribution in [0.5, 0.6) is 0 Å². The molecule has 0 spiro atoms. The van der Waals surface area contributed by atoms with Crippen molar-refractivity contribution in [3.8, 4) is 0 Å². The normalized spacial score (nSPS) is 43.1. The van der Waals surface area contributed by atoms with Crippen LogP contribution in [0.3, 0.4) is 0 Å². The van der Waals surface area contributed by atoms with E-state index in [2.05, 4.69) is 10.3 Å². The average Bonchev–Trinajstić information content (AvgIpc) is 2.62. The molecule has 1 fully saturated rings. The van der Waals surface area contributed by atoms with Crippen LogP contribution in [0.15, 0.2) is 16.8 Å². The van der Waals surface area contributed by atoms with Gasteiger partial charge in [-0.15, -0.1) is 0 Å². The molecule has 8 nitrogen and oxygen atoms in total. The van der Waals surface area contributed by atoms with Gasteiger partial charge < -0.3 is 35.8 Å². The predicted molar refractivity (Wildman–Crippen MR) is 61.4 cm³/mol. The summed E-state index contributed by atoms with van der Waals surface area (Å²) in [5.41, 5.74) is 6.10. The monoisotopic (exact) mass is 259 g/mol. The number of aliphatic hydroxyl groups excluding tert-OH is 3. The van der Waals surface area contributed by atoms with E-state index in [1.54, 1.807) is 0 Å². The van der Waals surface area contributed by atoms with Gasteiger partial charge in [-0.2, -0.15) is 0 Å². The molecule has 102 valence electrons. The zero-order valence-electron chi connectivity index (χ0n) is 9.69. The van der Waals surface area contributed by atoms with E-state index in [0.29, 0.717) is 5.57 Å². The summed E-state index contributed by atoms with van der Waals surface area (Å²) in [4.78, 5) is 3.83. The van der Waals surface area contributed by atoms with Gasteiger partial charge in [0.05, 0.1) is 13.2 Å². The lowest BCUT2D eigenvalue weighted by atomic mass is 10.0. The number of hydrogen-bond acceptors (Lipinski definition) is 8. The van der Waals surface area contributed by atoms with Crippen molar-refractivity contribution >= 4 is 5.96 Å². The number of nitrogens with two attached hydrogens (primary N) is 1. The first-order valence-electron chi connectivity index (χ1n) is 5.59. The Kier molecular flexibility index (Phi) is 4.15. The van der Waals surface area contributed by atoms with Crippen LogP contribution in [0.25, 0.3) is 0 Å². The number of aliphatic hydroxyl groups is 3. The van der Waals surface area contributed by atoms with Gasteiger partial charge in [0.1, 0.15) is 31.1 Å². The van der Waals surface area contributed by atoms with E-state index in [-0.39, 0.29) is 25.9 Å². The molecule has 2 aliphatic rings. The van der Waals surface area contributed by atoms with Crippen LogP contribution in [0.1, 0.15) is 0 Å². The van der Waals surface area contributed by atoms with Gasteiger partial charge in [-0.05, 0) is 0 Å². The van der Waals surface area contributed by atoms with Crippen LogP contribution in [-0.2, 0) is 9.47 Å². The van der Waals surface area contributed by atoms with Crippen LogP contribution >= 0.6 is 0 Å². The molecule has 0 saturated carbocycles. The summed E-state index contributed by atoms with van der Waals surface area (Å²) in [6.07, 6.45) is -2.26. The second-order valence-electron chi connectivity index (χ2n) is 4.14. The van der Waals surface area contributed by atoms with Crippen LogP contribution < -0.4 is 11.1 Å². The number of rotatable bonds is 2. The molecular weight excluding hydrogens is 242 g/mol. The lowest BCUT2D eigenvalue weighted by Gasteiger charge is -2.20. The lowest BCUT2D eigenvalue weighted by Crippen LogP contribution is -2.36. The van der Waals surface area contributed by atoms with Gasteiger partial charge in [-0.25, -0.2) is 4.99 Å². The van der Waals surface area contributed by atoms with Crippen LogP contribution in [-0.4, -0.2) is 65.6 Å². The molecule has 0 aromatic rings. The highest BCUT2D eigenvalue weighted by Crippen LogP contribution is 2.26. The molecule has 4 atom stereocenters. The first kappa shape index (κ1) is 13.2. The van der Waals surface area contributed by atoms with Crippen molar-refractivity contribution in [2.24, 2.45) is 10.7 Å². The Labute approximate surface area is 104 Å². The topological polar surface area (TPSA) is 130 Å². The molecule has 0 aromatic heterocycles. The molecule has 8 heteroatoms. The van der Waals surface area contributed by atoms with Gasteiger partial charge in [0.2, 0.25) is 0 Å². The standard InChI is InChI=1S/C10H17N3O5/c11-10-12-1-5(3-17-4-13-10)9-8(16)7(15)6(2-14)18-9/h1,6-9,14-16H,2-4H2,(H3,11,12,13)/b5-1+/t6-,7+,8?,9+/m1/s1. The highest BCUT2D eigenvalue weighted by atomic mass is 16.6. The number of nitrogens with one attached hydrogen (secondary N) is 1. The molecule has 1 unspecified atom stereocenters. The fraction of sp³-hybridized carbons (Fsp3) is 0.700. The van der Waals surface area contributed by atoms with E-state index in [4.69, 9.17) is 20.3 Å². The zero-order chi connectivity index (χ0) is 13.1. The molecule has 18 heavy (non-hydrogen) atoms. The molecule has 2 heterocycles. The predicted octanol–water partition coefficient (Wildman–Crippen LogP) is -2.76. The molecule has 1 saturated heterocycles. The number of aliphatic imine (C=N–C) groups is 1. The van der Waals surface area contributed by atoms with Crippen molar-refractivity contribution in [3.63, 3.8) is 0 Å². The van der Waals surface area contributed by atoms with E-state index in [0.717, 1.165) is 0 Å². The second-order valence-corrected chi connectivity index (χ2v) is 4.14. The second kappa shape index (κ2) is 5.63. The molecule has 6 N–H and O–H groups in total. The molecule has 0 bridgehead atoms. The molecule has 0 radical (unpaired) electrons. The summed E-state index contributed by atoms with van der Waals surface area (Å²) >= 11 is 0. The van der Waals surface area contributed by atoms with Gasteiger partial charge in [-0.3, -0.25) is 0 Å². The molecule has 0 aliphatic carbocycles. The fourth-order valence-electron chi connectivity index (χ4n) is 1.90. The summed E-state index contributed by atoms with van der Waals surface area (Å²) in [7, 11) is 0. The van der Waals surface area contributed by atoms with Gasteiger partial charge in [0, 0.05) is 11.8 Å². The molecule has 0 aromatic carbocycles. The summed E-state index contributed by atoms with van der Waals surface area (Å²) in [6, 6.07) is 0. The summed E-state index contributed by atoms with van der Waals surface area (Å²) in [6.45, 7) is -0.0682. The quantitative estimate of drug-likeness (QED) is 0.363. The van der Waals surface area contributed by atoms with Crippen molar-refractivity contribution in [1.29, 1.82) is 0 Å². The van der Waals surface area contributed by atoms with Crippen molar-refractivity contribution in [3.05, 3.63) is 11.8 Å². The third-order valence-corrected chi connectivity index (χ3v) is 2.91. The Bertz CT molecular complexity index is 359. The van der Waals surface area contributed by atoms with Crippen molar-refractivity contribution in [2.75, 3.05) is 19.9 Å². The van der Waals surface area contributed by atoms with E-state index in [1.165, 1.54) is 6.20 Å². The van der Waals surface area contributed by atoms with Gasteiger partial charge >= 0.3 is 0 Å². The number of nitrogens with zero attached hydrogens (tertiary/aromatic N) is 1. The zero-order valence-corrected chi connectivity index (χ0v) is 9.69. The first-order valence-corrected chi connectivity index (χ1v) is 5.59. The Hall–Kier alpha value is -1.19. The maximum Gasteiger partial charge on any atom is 0.194 e. The fourth-order valence-corrected chi connectivity index (χ4v) is 1.90. The summed E-state index contributed by atoms with van der Waals surface area (Å²) in [5.74, 6) is 0.193. The smallest absolute Gasteiger partial charge is 0.194 e. The SMILES string of the molecule is N/C1=N/COC/C([C@@H]2O[C@H](CO)[C@H](O)C2O)=C\N1. The first-order chi connectivity index (χ1) is 8.63. The largest absolute Gasteiger partial charge is 0.394 e. The van der Waals surface area contributed by atoms with E-state index in [9.17, 15) is 10.2 Å². The van der Waals surface area contributed by atoms with Gasteiger partial charge in [-0.1, -0.05) is 0 Å².